The molecule has 1 aromatic rings. The predicted molar refractivity (Wildman–Crippen MR) is 60.7 cm³/mol. The summed E-state index contributed by atoms with van der Waals surface area (Å²) in [7, 11) is -3.13. The van der Waals surface area contributed by atoms with Crippen LogP contribution >= 0.6 is 0 Å². The molecular formula is C11H17NO2S. The van der Waals surface area contributed by atoms with Crippen LogP contribution in [-0.4, -0.2) is 19.7 Å². The molecule has 0 aliphatic heterocycles. The molecule has 0 amide bonds. The second-order valence-electron chi connectivity index (χ2n) is 4.39. The molecule has 0 saturated carbocycles. The quantitative estimate of drug-likeness (QED) is 0.795. The van der Waals surface area contributed by atoms with Gasteiger partial charge in [-0.2, -0.15) is 0 Å². The van der Waals surface area contributed by atoms with Crippen molar-refractivity contribution in [3.8, 4) is 0 Å². The molecule has 3 nitrogen and oxygen atoms in total. The van der Waals surface area contributed by atoms with Crippen molar-refractivity contribution in [1.29, 1.82) is 0 Å². The summed E-state index contributed by atoms with van der Waals surface area (Å²) >= 11 is 0. The van der Waals surface area contributed by atoms with Crippen molar-refractivity contribution in [2.45, 2.75) is 37.5 Å². The zero-order valence-corrected chi connectivity index (χ0v) is 10.4. The van der Waals surface area contributed by atoms with E-state index < -0.39 is 9.84 Å². The van der Waals surface area contributed by atoms with Crippen LogP contribution in [0.5, 0.6) is 0 Å². The van der Waals surface area contributed by atoms with Gasteiger partial charge in [-0.3, -0.25) is 4.98 Å². The first-order valence-corrected chi connectivity index (χ1v) is 6.83. The van der Waals surface area contributed by atoms with Crippen molar-refractivity contribution in [3.05, 3.63) is 24.0 Å². The summed E-state index contributed by atoms with van der Waals surface area (Å²) in [5.74, 6) is 0. The van der Waals surface area contributed by atoms with Crippen LogP contribution in [0.2, 0.25) is 0 Å². The zero-order chi connectivity index (χ0) is 11.7. The van der Waals surface area contributed by atoms with E-state index in [4.69, 9.17) is 0 Å². The molecule has 15 heavy (non-hydrogen) atoms. The van der Waals surface area contributed by atoms with Gasteiger partial charge >= 0.3 is 0 Å². The van der Waals surface area contributed by atoms with Gasteiger partial charge in [0.2, 0.25) is 0 Å². The third kappa shape index (κ3) is 2.78. The van der Waals surface area contributed by atoms with Crippen LogP contribution < -0.4 is 0 Å². The van der Waals surface area contributed by atoms with E-state index in [2.05, 4.69) is 25.8 Å². The van der Waals surface area contributed by atoms with E-state index in [1.807, 2.05) is 0 Å². The Morgan fingerprint density at radius 2 is 2.00 bits per heavy atom. The molecule has 0 fully saturated rings. The van der Waals surface area contributed by atoms with Gasteiger partial charge in [0.25, 0.3) is 0 Å². The molecule has 1 aromatic heterocycles. The molecule has 0 unspecified atom stereocenters. The van der Waals surface area contributed by atoms with E-state index in [1.165, 1.54) is 12.3 Å². The minimum Gasteiger partial charge on any atom is -0.261 e. The highest BCUT2D eigenvalue weighted by Crippen LogP contribution is 2.26. The molecule has 0 aliphatic rings. The summed E-state index contributed by atoms with van der Waals surface area (Å²) in [5, 5.41) is 0. The summed E-state index contributed by atoms with van der Waals surface area (Å²) in [6.07, 6.45) is 3.70. The van der Waals surface area contributed by atoms with E-state index >= 15 is 0 Å². The number of nitrogens with zero attached hydrogens (tertiary/aromatic N) is 1. The van der Waals surface area contributed by atoms with Gasteiger partial charge in [0.15, 0.2) is 9.84 Å². The van der Waals surface area contributed by atoms with Crippen LogP contribution in [0.4, 0.5) is 0 Å². The summed E-state index contributed by atoms with van der Waals surface area (Å²) in [6.45, 7) is 6.18. The number of hydrogen-bond donors (Lipinski definition) is 0. The molecule has 0 spiro atoms. The van der Waals surface area contributed by atoms with Crippen molar-refractivity contribution in [3.63, 3.8) is 0 Å². The van der Waals surface area contributed by atoms with Gasteiger partial charge in [0.1, 0.15) is 0 Å². The van der Waals surface area contributed by atoms with E-state index in [-0.39, 0.29) is 5.41 Å². The maximum Gasteiger partial charge on any atom is 0.175 e. The average Bonchev–Trinajstić information content (AvgIpc) is 2.17. The molecule has 1 rings (SSSR count). The maximum atomic E-state index is 11.4. The molecule has 4 heteroatoms. The largest absolute Gasteiger partial charge is 0.261 e. The highest BCUT2D eigenvalue weighted by molar-refractivity contribution is 7.90. The normalized spacial score (nSPS) is 12.8. The molecule has 0 radical (unpaired) electrons. The lowest BCUT2D eigenvalue weighted by atomic mass is 9.86. The summed E-state index contributed by atoms with van der Waals surface area (Å²) in [4.78, 5) is 4.57. The Hall–Kier alpha value is -0.900. The molecule has 0 aliphatic carbocycles. The van der Waals surface area contributed by atoms with Gasteiger partial charge in [-0.05, 0) is 18.6 Å². The lowest BCUT2D eigenvalue weighted by Gasteiger charge is -2.22. The Balaban J connectivity index is 3.26. The molecule has 0 saturated heterocycles. The Morgan fingerprint density at radius 1 is 1.40 bits per heavy atom. The van der Waals surface area contributed by atoms with Crippen molar-refractivity contribution < 1.29 is 8.42 Å². The first-order chi connectivity index (χ1) is 6.77. The van der Waals surface area contributed by atoms with Gasteiger partial charge in [-0.1, -0.05) is 20.8 Å². The summed E-state index contributed by atoms with van der Waals surface area (Å²) in [5.41, 5.74) is 0.744. The van der Waals surface area contributed by atoms with E-state index in [0.717, 1.165) is 12.1 Å². The van der Waals surface area contributed by atoms with Gasteiger partial charge < -0.3 is 0 Å². The fourth-order valence-electron chi connectivity index (χ4n) is 1.19. The van der Waals surface area contributed by atoms with Crippen molar-refractivity contribution in [2.75, 3.05) is 6.26 Å². The van der Waals surface area contributed by atoms with Crippen molar-refractivity contribution >= 4 is 9.84 Å². The number of pyridine rings is 1. The Kier molecular flexibility index (Phi) is 3.19. The number of rotatable bonds is 3. The van der Waals surface area contributed by atoms with Crippen LogP contribution in [0.25, 0.3) is 0 Å². The molecule has 84 valence electrons. The monoisotopic (exact) mass is 227 g/mol. The molecule has 1 heterocycles. The predicted octanol–water partition coefficient (Wildman–Crippen LogP) is 2.17. The van der Waals surface area contributed by atoms with Gasteiger partial charge in [0.05, 0.1) is 4.90 Å². The van der Waals surface area contributed by atoms with E-state index in [1.54, 1.807) is 12.3 Å². The third-order valence-corrected chi connectivity index (χ3v) is 3.85. The smallest absolute Gasteiger partial charge is 0.175 e. The minimum absolute atomic E-state index is 0.0826. The van der Waals surface area contributed by atoms with Crippen molar-refractivity contribution in [2.24, 2.45) is 0 Å². The van der Waals surface area contributed by atoms with Crippen LogP contribution in [0.1, 0.15) is 32.9 Å². The molecule has 0 bridgehead atoms. The fourth-order valence-corrected chi connectivity index (χ4v) is 1.83. The highest BCUT2D eigenvalue weighted by atomic mass is 32.2. The molecular weight excluding hydrogens is 210 g/mol. The lowest BCUT2D eigenvalue weighted by Crippen LogP contribution is -2.18. The Labute approximate surface area is 91.5 Å². The topological polar surface area (TPSA) is 47.0 Å². The maximum absolute atomic E-state index is 11.4. The van der Waals surface area contributed by atoms with Gasteiger partial charge in [-0.15, -0.1) is 0 Å². The first kappa shape index (κ1) is 12.2. The summed E-state index contributed by atoms with van der Waals surface area (Å²) in [6, 6.07) is 3.20. The number of sulfone groups is 1. The summed E-state index contributed by atoms with van der Waals surface area (Å²) < 4.78 is 22.7. The minimum atomic E-state index is -3.13. The Bertz CT molecular complexity index is 449. The number of aromatic nitrogens is 1. The lowest BCUT2D eigenvalue weighted by molar-refractivity contribution is 0.488. The van der Waals surface area contributed by atoms with Crippen LogP contribution in [0.3, 0.4) is 0 Å². The highest BCUT2D eigenvalue weighted by Gasteiger charge is 2.21. The van der Waals surface area contributed by atoms with E-state index in [0.29, 0.717) is 4.90 Å². The van der Waals surface area contributed by atoms with Crippen molar-refractivity contribution in [1.82, 2.24) is 4.98 Å². The number of hydrogen-bond acceptors (Lipinski definition) is 3. The molecule has 0 aromatic carbocycles. The molecule has 0 atom stereocenters. The SMILES string of the molecule is CCC(C)(C)c1cc(S(C)(=O)=O)ccn1. The third-order valence-electron chi connectivity index (χ3n) is 2.74. The van der Waals surface area contributed by atoms with Gasteiger partial charge in [-0.25, -0.2) is 8.42 Å². The molecule has 0 N–H and O–H groups in total. The average molecular weight is 227 g/mol. The zero-order valence-electron chi connectivity index (χ0n) is 9.61. The van der Waals surface area contributed by atoms with Crippen LogP contribution in [0.15, 0.2) is 23.2 Å². The standard InChI is InChI=1S/C11H17NO2S/c1-5-11(2,3)10-8-9(6-7-12-10)15(4,13)14/h6-8H,5H2,1-4H3. The second-order valence-corrected chi connectivity index (χ2v) is 6.40. The van der Waals surface area contributed by atoms with Crippen LogP contribution in [-0.2, 0) is 15.3 Å². The second kappa shape index (κ2) is 3.93. The Morgan fingerprint density at radius 3 is 2.47 bits per heavy atom. The van der Waals surface area contributed by atoms with Crippen LogP contribution in [0, 0.1) is 0 Å². The first-order valence-electron chi connectivity index (χ1n) is 4.94. The van der Waals surface area contributed by atoms with E-state index in [9.17, 15) is 8.42 Å². The fraction of sp³-hybridized carbons (Fsp3) is 0.545. The van der Waals surface area contributed by atoms with Gasteiger partial charge in [0, 0.05) is 23.6 Å².